The van der Waals surface area contributed by atoms with Crippen molar-refractivity contribution in [2.24, 2.45) is 0 Å². The van der Waals surface area contributed by atoms with E-state index in [0.717, 1.165) is 12.1 Å². The number of nitrogens with zero attached hydrogens (tertiary/aromatic N) is 2. The fraction of sp³-hybridized carbons (Fsp3) is 0.417. The van der Waals surface area contributed by atoms with Crippen LogP contribution in [0.4, 0.5) is 15.8 Å². The highest BCUT2D eigenvalue weighted by molar-refractivity contribution is 5.80. The van der Waals surface area contributed by atoms with Crippen molar-refractivity contribution in [3.05, 3.63) is 28.1 Å². The van der Waals surface area contributed by atoms with E-state index in [-0.39, 0.29) is 17.9 Å². The van der Waals surface area contributed by atoms with Crippen LogP contribution in [0.25, 0.3) is 0 Å². The molecule has 0 saturated heterocycles. The highest BCUT2D eigenvalue weighted by Crippen LogP contribution is 2.35. The largest absolute Gasteiger partial charge is 0.494 e. The highest BCUT2D eigenvalue weighted by atomic mass is 19.1. The number of nitro groups is 1. The highest BCUT2D eigenvalue weighted by Gasteiger charge is 2.28. The zero-order valence-corrected chi connectivity index (χ0v) is 11.3. The summed E-state index contributed by atoms with van der Waals surface area (Å²) in [5.41, 5.74) is -0.520. The summed E-state index contributed by atoms with van der Waals surface area (Å²) < 4.78 is 18.3. The Labute approximate surface area is 114 Å². The van der Waals surface area contributed by atoms with Crippen LogP contribution < -0.4 is 9.64 Å². The van der Waals surface area contributed by atoms with Crippen molar-refractivity contribution in [2.75, 3.05) is 19.1 Å². The Bertz CT molecular complexity index is 535. The van der Waals surface area contributed by atoms with E-state index in [1.54, 1.807) is 6.92 Å². The minimum absolute atomic E-state index is 0.0116. The van der Waals surface area contributed by atoms with E-state index < -0.39 is 28.4 Å². The van der Waals surface area contributed by atoms with E-state index in [1.165, 1.54) is 19.1 Å². The number of benzene rings is 1. The maximum Gasteiger partial charge on any atom is 0.326 e. The van der Waals surface area contributed by atoms with Gasteiger partial charge in [-0.1, -0.05) is 6.92 Å². The zero-order chi connectivity index (χ0) is 15.4. The molecule has 0 saturated carbocycles. The molecule has 1 rings (SSSR count). The number of halogens is 1. The van der Waals surface area contributed by atoms with Crippen LogP contribution in [0.2, 0.25) is 0 Å². The van der Waals surface area contributed by atoms with Gasteiger partial charge in [-0.25, -0.2) is 9.18 Å². The molecule has 1 aromatic carbocycles. The van der Waals surface area contributed by atoms with Crippen molar-refractivity contribution in [2.45, 2.75) is 19.4 Å². The average Bonchev–Trinajstić information content (AvgIpc) is 2.38. The third-order valence-electron chi connectivity index (χ3n) is 2.96. The number of carbonyl (C=O) groups is 1. The molecule has 1 atom stereocenters. The number of anilines is 1. The van der Waals surface area contributed by atoms with Gasteiger partial charge in [-0.3, -0.25) is 10.1 Å². The van der Waals surface area contributed by atoms with Crippen LogP contribution in [-0.4, -0.2) is 36.2 Å². The second kappa shape index (κ2) is 6.18. The first-order valence-electron chi connectivity index (χ1n) is 5.81. The third-order valence-corrected chi connectivity index (χ3v) is 2.96. The molecular formula is C12H15FN2O5. The van der Waals surface area contributed by atoms with E-state index in [1.807, 2.05) is 0 Å². The molecule has 0 aliphatic heterocycles. The molecule has 0 radical (unpaired) electrons. The Balaban J connectivity index is 3.40. The number of aliphatic carboxylic acids is 1. The molecule has 1 N–H and O–H groups in total. The first-order chi connectivity index (χ1) is 9.33. The van der Waals surface area contributed by atoms with Crippen LogP contribution in [0, 0.1) is 15.9 Å². The van der Waals surface area contributed by atoms with Gasteiger partial charge in [-0.2, -0.15) is 0 Å². The zero-order valence-electron chi connectivity index (χ0n) is 11.3. The third kappa shape index (κ3) is 2.95. The molecule has 0 aromatic heterocycles. The van der Waals surface area contributed by atoms with Gasteiger partial charge in [-0.05, 0) is 6.42 Å². The van der Waals surface area contributed by atoms with Crippen LogP contribution in [0.5, 0.6) is 5.75 Å². The number of ether oxygens (including phenoxy) is 1. The maximum atomic E-state index is 13.5. The maximum absolute atomic E-state index is 13.5. The molecule has 8 heteroatoms. The number of hydrogen-bond donors (Lipinski definition) is 1. The Morgan fingerprint density at radius 2 is 2.20 bits per heavy atom. The number of hydrogen-bond acceptors (Lipinski definition) is 5. The number of likely N-dealkylation sites (N-methyl/N-ethyl adjacent to an activating group) is 1. The number of methoxy groups -OCH3 is 1. The van der Waals surface area contributed by atoms with E-state index >= 15 is 0 Å². The predicted octanol–water partition coefficient (Wildman–Crippen LogP) is 2.04. The summed E-state index contributed by atoms with van der Waals surface area (Å²) in [5.74, 6) is -2.18. The molecule has 0 aliphatic carbocycles. The van der Waals surface area contributed by atoms with Gasteiger partial charge in [0.05, 0.1) is 18.1 Å². The fourth-order valence-corrected chi connectivity index (χ4v) is 1.90. The summed E-state index contributed by atoms with van der Waals surface area (Å²) in [7, 11) is 2.63. The first-order valence-corrected chi connectivity index (χ1v) is 5.81. The number of rotatable bonds is 6. The number of nitro benzene ring substituents is 1. The monoisotopic (exact) mass is 286 g/mol. The Hall–Kier alpha value is -2.38. The summed E-state index contributed by atoms with van der Waals surface area (Å²) in [4.78, 5) is 22.6. The lowest BCUT2D eigenvalue weighted by atomic mass is 10.1. The summed E-state index contributed by atoms with van der Waals surface area (Å²) in [6, 6.07) is 0.891. The topological polar surface area (TPSA) is 92.9 Å². The smallest absolute Gasteiger partial charge is 0.326 e. The fourth-order valence-electron chi connectivity index (χ4n) is 1.90. The quantitative estimate of drug-likeness (QED) is 0.635. The predicted molar refractivity (Wildman–Crippen MR) is 69.7 cm³/mol. The van der Waals surface area contributed by atoms with Gasteiger partial charge >= 0.3 is 5.97 Å². The molecule has 0 aliphatic rings. The Morgan fingerprint density at radius 3 is 2.60 bits per heavy atom. The molecule has 0 spiro atoms. The molecule has 7 nitrogen and oxygen atoms in total. The van der Waals surface area contributed by atoms with E-state index in [9.17, 15) is 19.3 Å². The molecule has 0 fully saturated rings. The van der Waals surface area contributed by atoms with Crippen LogP contribution in [0.3, 0.4) is 0 Å². The van der Waals surface area contributed by atoms with Crippen molar-refractivity contribution in [1.29, 1.82) is 0 Å². The summed E-state index contributed by atoms with van der Waals surface area (Å²) in [6.07, 6.45) is 0.239. The van der Waals surface area contributed by atoms with Crippen LogP contribution in [0.1, 0.15) is 13.3 Å². The van der Waals surface area contributed by atoms with E-state index in [4.69, 9.17) is 9.84 Å². The summed E-state index contributed by atoms with van der Waals surface area (Å²) in [5, 5.41) is 20.1. The lowest BCUT2D eigenvalue weighted by molar-refractivity contribution is -0.384. The summed E-state index contributed by atoms with van der Waals surface area (Å²) in [6.45, 7) is 1.64. The second-order valence-corrected chi connectivity index (χ2v) is 4.11. The molecule has 20 heavy (non-hydrogen) atoms. The van der Waals surface area contributed by atoms with Gasteiger partial charge in [0.1, 0.15) is 11.7 Å². The molecule has 110 valence electrons. The molecule has 0 amide bonds. The van der Waals surface area contributed by atoms with Gasteiger partial charge < -0.3 is 14.7 Å². The van der Waals surface area contributed by atoms with Crippen molar-refractivity contribution >= 4 is 17.3 Å². The van der Waals surface area contributed by atoms with Gasteiger partial charge in [0, 0.05) is 13.1 Å². The van der Waals surface area contributed by atoms with Gasteiger partial charge in [0.2, 0.25) is 0 Å². The Morgan fingerprint density at radius 1 is 1.60 bits per heavy atom. The SMILES string of the molecule is CCC(C(=O)O)N(C)c1cc(OC)c(F)cc1[N+](=O)[O-]. The summed E-state index contributed by atoms with van der Waals surface area (Å²) >= 11 is 0. The lowest BCUT2D eigenvalue weighted by Gasteiger charge is -2.25. The minimum atomic E-state index is -1.12. The van der Waals surface area contributed by atoms with Crippen LogP contribution in [0.15, 0.2) is 12.1 Å². The number of carboxylic acids is 1. The second-order valence-electron chi connectivity index (χ2n) is 4.11. The van der Waals surface area contributed by atoms with Crippen molar-refractivity contribution in [3.8, 4) is 5.75 Å². The standard InChI is InChI=1S/C12H15FN2O5/c1-4-8(12(16)17)14(2)9-6-11(20-3)7(13)5-10(9)15(18)19/h5-6,8H,4H2,1-3H3,(H,16,17). The lowest BCUT2D eigenvalue weighted by Crippen LogP contribution is -2.38. The van der Waals surface area contributed by atoms with Crippen molar-refractivity contribution in [1.82, 2.24) is 0 Å². The van der Waals surface area contributed by atoms with Gasteiger partial charge in [0.15, 0.2) is 11.6 Å². The number of carboxylic acid groups (broad SMARTS) is 1. The van der Waals surface area contributed by atoms with Gasteiger partial charge in [0.25, 0.3) is 5.69 Å². The first kappa shape index (κ1) is 15.7. The van der Waals surface area contributed by atoms with Crippen LogP contribution in [-0.2, 0) is 4.79 Å². The van der Waals surface area contributed by atoms with Crippen molar-refractivity contribution in [3.63, 3.8) is 0 Å². The average molecular weight is 286 g/mol. The van der Waals surface area contributed by atoms with Crippen LogP contribution >= 0.6 is 0 Å². The van der Waals surface area contributed by atoms with E-state index in [0.29, 0.717) is 0 Å². The molecule has 0 heterocycles. The molecule has 0 bridgehead atoms. The minimum Gasteiger partial charge on any atom is -0.494 e. The Kier molecular flexibility index (Phi) is 4.84. The molecule has 1 aromatic rings. The molecule has 1 unspecified atom stereocenters. The van der Waals surface area contributed by atoms with Crippen molar-refractivity contribution < 1.29 is 24.0 Å². The van der Waals surface area contributed by atoms with E-state index in [2.05, 4.69) is 0 Å². The molecular weight excluding hydrogens is 271 g/mol. The normalized spacial score (nSPS) is 11.8. The van der Waals surface area contributed by atoms with Gasteiger partial charge in [-0.15, -0.1) is 0 Å².